The van der Waals surface area contributed by atoms with Crippen LogP contribution < -0.4 is 10.6 Å². The van der Waals surface area contributed by atoms with Gasteiger partial charge in [0.15, 0.2) is 0 Å². The first kappa shape index (κ1) is 31.9. The molecule has 7 heteroatoms. The summed E-state index contributed by atoms with van der Waals surface area (Å²) < 4.78 is 0. The molecule has 0 aliphatic heterocycles. The summed E-state index contributed by atoms with van der Waals surface area (Å²) in [5, 5.41) is 11.0. The molecule has 3 aliphatic rings. The highest BCUT2D eigenvalue weighted by molar-refractivity contribution is 6.31. The van der Waals surface area contributed by atoms with E-state index in [1.54, 1.807) is 0 Å². The molecule has 0 spiro atoms. The molecule has 0 amide bonds. The van der Waals surface area contributed by atoms with Crippen molar-refractivity contribution in [2.45, 2.75) is 83.5 Å². The second kappa shape index (κ2) is 14.1. The minimum Gasteiger partial charge on any atom is -0.384 e. The molecule has 7 rings (SSSR count). The van der Waals surface area contributed by atoms with Crippen LogP contribution in [0.3, 0.4) is 0 Å². The molecule has 0 unspecified atom stereocenters. The van der Waals surface area contributed by atoms with Gasteiger partial charge in [0.1, 0.15) is 0 Å². The molecule has 3 aliphatic carbocycles. The molecule has 0 radical (unpaired) electrons. The number of para-hydroxylation sites is 1. The fraction of sp³-hybridized carbons (Fsp3) is 0.444. The number of halogens is 3. The first-order valence-electron chi connectivity index (χ1n) is 15.8. The summed E-state index contributed by atoms with van der Waals surface area (Å²) in [5.74, 6) is 1.20. The van der Waals surface area contributed by atoms with E-state index in [4.69, 9.17) is 21.6 Å². The van der Waals surface area contributed by atoms with E-state index in [-0.39, 0.29) is 24.8 Å². The van der Waals surface area contributed by atoms with Gasteiger partial charge in [0.05, 0.1) is 11.0 Å². The summed E-state index contributed by atoms with van der Waals surface area (Å²) in [4.78, 5) is 10.1. The van der Waals surface area contributed by atoms with Crippen molar-refractivity contribution in [1.82, 2.24) is 9.97 Å². The number of benzene rings is 2. The maximum absolute atomic E-state index is 6.38. The van der Waals surface area contributed by atoms with Crippen LogP contribution in [0.5, 0.6) is 0 Å². The normalized spacial score (nSPS) is 18.6. The highest BCUT2D eigenvalue weighted by Crippen LogP contribution is 2.47. The summed E-state index contributed by atoms with van der Waals surface area (Å²) in [6.07, 6.45) is 15.6. The summed E-state index contributed by atoms with van der Waals surface area (Å²) in [7, 11) is 0. The number of nitrogens with one attached hydrogen (secondary N) is 2. The molecule has 2 heterocycles. The summed E-state index contributed by atoms with van der Waals surface area (Å²) in [5.41, 5.74) is 11.9. The van der Waals surface area contributed by atoms with Crippen molar-refractivity contribution in [3.8, 4) is 0 Å². The van der Waals surface area contributed by atoms with E-state index in [1.807, 2.05) is 12.1 Å². The lowest BCUT2D eigenvalue weighted by Crippen LogP contribution is -2.24. The van der Waals surface area contributed by atoms with Crippen molar-refractivity contribution in [1.29, 1.82) is 0 Å². The lowest BCUT2D eigenvalue weighted by Gasteiger charge is -2.36. The Kier molecular flexibility index (Phi) is 10.4. The van der Waals surface area contributed by atoms with Gasteiger partial charge in [0.2, 0.25) is 0 Å². The smallest absolute Gasteiger partial charge is 0.0741 e. The minimum atomic E-state index is 0. The SMILES string of the molecule is CC1=C[C@H]2Cc3nc4cc(Cl)ccc4c(NCCCCCCNc4c5c(nc6ccccc46)CCCC5)c3[C@@H](C1)C2.Cl.Cl. The molecule has 43 heavy (non-hydrogen) atoms. The number of fused-ring (bicyclic) bond motifs is 7. The average Bonchev–Trinajstić information content (AvgIpc) is 2.97. The van der Waals surface area contributed by atoms with Crippen molar-refractivity contribution >= 4 is 69.6 Å². The lowest BCUT2D eigenvalue weighted by molar-refractivity contribution is 0.433. The summed E-state index contributed by atoms with van der Waals surface area (Å²) in [6, 6.07) is 14.8. The van der Waals surface area contributed by atoms with Crippen LogP contribution in [-0.2, 0) is 19.3 Å². The third kappa shape index (κ3) is 6.62. The first-order valence-corrected chi connectivity index (χ1v) is 16.2. The number of anilines is 2. The first-order chi connectivity index (χ1) is 20.1. The van der Waals surface area contributed by atoms with E-state index in [9.17, 15) is 0 Å². The monoisotopic (exact) mass is 636 g/mol. The number of allylic oxidation sites excluding steroid dienone is 2. The number of nitrogens with zero attached hydrogens (tertiary/aromatic N) is 2. The van der Waals surface area contributed by atoms with Crippen LogP contribution in [0.2, 0.25) is 5.02 Å². The second-order valence-electron chi connectivity index (χ2n) is 12.5. The van der Waals surface area contributed by atoms with E-state index in [1.165, 1.54) is 95.2 Å². The van der Waals surface area contributed by atoms with Crippen LogP contribution in [-0.4, -0.2) is 23.1 Å². The van der Waals surface area contributed by atoms with Gasteiger partial charge in [0, 0.05) is 57.2 Å². The quantitative estimate of drug-likeness (QED) is 0.142. The van der Waals surface area contributed by atoms with Crippen molar-refractivity contribution < 1.29 is 0 Å². The van der Waals surface area contributed by atoms with E-state index >= 15 is 0 Å². The van der Waals surface area contributed by atoms with E-state index in [0.29, 0.717) is 11.8 Å². The Morgan fingerprint density at radius 3 is 2.35 bits per heavy atom. The van der Waals surface area contributed by atoms with E-state index in [2.05, 4.69) is 54.0 Å². The molecule has 2 atom stereocenters. The fourth-order valence-corrected chi connectivity index (χ4v) is 7.85. The number of pyridine rings is 2. The van der Waals surface area contributed by atoms with Gasteiger partial charge < -0.3 is 10.6 Å². The largest absolute Gasteiger partial charge is 0.384 e. The number of rotatable bonds is 9. The maximum atomic E-state index is 6.38. The van der Waals surface area contributed by atoms with Crippen LogP contribution in [0.1, 0.15) is 86.7 Å². The van der Waals surface area contributed by atoms with Crippen molar-refractivity contribution in [3.63, 3.8) is 0 Å². The highest BCUT2D eigenvalue weighted by Gasteiger charge is 2.33. The third-order valence-corrected chi connectivity index (χ3v) is 9.72. The molecule has 2 bridgehead atoms. The molecule has 4 aromatic rings. The van der Waals surface area contributed by atoms with Crippen LogP contribution in [0.4, 0.5) is 11.4 Å². The van der Waals surface area contributed by atoms with Gasteiger partial charge in [-0.2, -0.15) is 0 Å². The molecule has 2 N–H and O–H groups in total. The van der Waals surface area contributed by atoms with Crippen molar-refractivity contribution in [3.05, 3.63) is 81.7 Å². The van der Waals surface area contributed by atoms with Crippen LogP contribution in [0.25, 0.3) is 21.8 Å². The number of unbranched alkanes of at least 4 members (excludes halogenated alkanes) is 3. The predicted molar refractivity (Wildman–Crippen MR) is 188 cm³/mol. The molecule has 0 saturated heterocycles. The predicted octanol–water partition coefficient (Wildman–Crippen LogP) is 10.2. The Bertz CT molecular complexity index is 1630. The Labute approximate surface area is 273 Å². The summed E-state index contributed by atoms with van der Waals surface area (Å²) >= 11 is 6.38. The lowest BCUT2D eigenvalue weighted by atomic mass is 9.71. The van der Waals surface area contributed by atoms with Gasteiger partial charge in [0.25, 0.3) is 0 Å². The topological polar surface area (TPSA) is 49.8 Å². The highest BCUT2D eigenvalue weighted by atomic mass is 35.5. The van der Waals surface area contributed by atoms with Crippen molar-refractivity contribution in [2.24, 2.45) is 5.92 Å². The van der Waals surface area contributed by atoms with Gasteiger partial charge in [-0.15, -0.1) is 24.8 Å². The third-order valence-electron chi connectivity index (χ3n) is 9.48. The molecular weight excluding hydrogens is 595 g/mol. The Balaban J connectivity index is 0.00000184. The van der Waals surface area contributed by atoms with Crippen LogP contribution >= 0.6 is 36.4 Å². The molecule has 2 aromatic heterocycles. The number of aromatic nitrogens is 2. The molecule has 0 fully saturated rings. The standard InChI is InChI=1S/C36H41ClN4.2ClH/c1-23-18-24-20-25(19-23)34-33(21-24)41-32-22-26(37)14-15-29(32)36(34)39-17-9-3-2-8-16-38-35-27-10-4-6-12-30(27)40-31-13-7-5-11-28(31)35;;/h4,6,10,12,14-15,18,22,24-25H,2-3,5,7-9,11,13,16-17,19-21H2,1H3,(H,38,40)(H,39,41);2*1H/t24-,25+;;/m1../s1. The molecular formula is C36H43Cl3N4. The van der Waals surface area contributed by atoms with Gasteiger partial charge >= 0.3 is 0 Å². The van der Waals surface area contributed by atoms with Gasteiger partial charge in [-0.3, -0.25) is 9.97 Å². The van der Waals surface area contributed by atoms with Gasteiger partial charge in [-0.25, -0.2) is 0 Å². The van der Waals surface area contributed by atoms with Gasteiger partial charge in [-0.05, 0) is 106 Å². The zero-order chi connectivity index (χ0) is 27.8. The number of hydrogen-bond acceptors (Lipinski definition) is 4. The van der Waals surface area contributed by atoms with Gasteiger partial charge in [-0.1, -0.05) is 54.3 Å². The Hall–Kier alpha value is -2.53. The zero-order valence-electron chi connectivity index (χ0n) is 25.1. The van der Waals surface area contributed by atoms with Crippen molar-refractivity contribution in [2.75, 3.05) is 23.7 Å². The minimum absolute atomic E-state index is 0. The molecule has 2 aromatic carbocycles. The average molecular weight is 638 g/mol. The second-order valence-corrected chi connectivity index (χ2v) is 13.0. The Morgan fingerprint density at radius 2 is 1.51 bits per heavy atom. The molecule has 228 valence electrons. The molecule has 0 saturated carbocycles. The van der Waals surface area contributed by atoms with E-state index in [0.717, 1.165) is 54.8 Å². The maximum Gasteiger partial charge on any atom is 0.0741 e. The van der Waals surface area contributed by atoms with E-state index < -0.39 is 0 Å². The number of hydrogen-bond donors (Lipinski definition) is 2. The molecule has 4 nitrogen and oxygen atoms in total. The summed E-state index contributed by atoms with van der Waals surface area (Å²) in [6.45, 7) is 4.31. The van der Waals surface area contributed by atoms with Crippen LogP contribution in [0, 0.1) is 5.92 Å². The van der Waals surface area contributed by atoms with Crippen LogP contribution in [0.15, 0.2) is 54.1 Å². The fourth-order valence-electron chi connectivity index (χ4n) is 7.68. The zero-order valence-corrected chi connectivity index (χ0v) is 27.4. The number of aryl methyl sites for hydroxylation is 1. The Morgan fingerprint density at radius 1 is 0.791 bits per heavy atom.